The summed E-state index contributed by atoms with van der Waals surface area (Å²) in [6, 6.07) is 0. The fraction of sp³-hybridized carbons (Fsp3) is 1.00. The van der Waals surface area contributed by atoms with Gasteiger partial charge in [0, 0.05) is 6.54 Å². The smallest absolute Gasteiger partial charge is 0.111 e. The van der Waals surface area contributed by atoms with Crippen LogP contribution in [0.1, 0.15) is 103 Å². The van der Waals surface area contributed by atoms with Gasteiger partial charge < -0.3 is 30.4 Å². The molecule has 0 rings (SSSR count). The van der Waals surface area contributed by atoms with Crippen molar-refractivity contribution < 1.29 is 25.5 Å². The van der Waals surface area contributed by atoms with Crippen molar-refractivity contribution in [3.63, 3.8) is 0 Å². The van der Waals surface area contributed by atoms with Gasteiger partial charge in [0.1, 0.15) is 18.3 Å². The number of aliphatic hydroxyl groups is 5. The molecule has 0 fully saturated rings. The molecule has 4 atom stereocenters. The van der Waals surface area contributed by atoms with E-state index in [1.54, 1.807) is 0 Å². The van der Waals surface area contributed by atoms with Gasteiger partial charge in [-0.2, -0.15) is 0 Å². The van der Waals surface area contributed by atoms with Crippen LogP contribution in [0.5, 0.6) is 0 Å². The lowest BCUT2D eigenvalue weighted by Gasteiger charge is -2.28. The van der Waals surface area contributed by atoms with Crippen molar-refractivity contribution in [2.75, 3.05) is 26.7 Å². The van der Waals surface area contributed by atoms with E-state index in [9.17, 15) is 20.4 Å². The largest absolute Gasteiger partial charge is 0.394 e. The SMILES string of the molecule is CCCCCCCCCCCCCCCCCN(C)C[C@@H](O)[C@@H](O)[C@@H](O)[C@H](O)CO. The maximum absolute atomic E-state index is 9.98. The second-order valence-corrected chi connectivity index (χ2v) is 9.01. The second kappa shape index (κ2) is 20.7. The number of likely N-dealkylation sites (N-methyl/N-ethyl adjacent to an activating group) is 1. The zero-order valence-corrected chi connectivity index (χ0v) is 19.7. The van der Waals surface area contributed by atoms with E-state index in [0.717, 1.165) is 19.4 Å². The summed E-state index contributed by atoms with van der Waals surface area (Å²) in [7, 11) is 1.87. The minimum Gasteiger partial charge on any atom is -0.394 e. The van der Waals surface area contributed by atoms with E-state index in [0.29, 0.717) is 0 Å². The van der Waals surface area contributed by atoms with E-state index in [2.05, 4.69) is 6.92 Å². The molecule has 0 aliphatic heterocycles. The first-order chi connectivity index (χ1) is 14.4. The highest BCUT2D eigenvalue weighted by molar-refractivity contribution is 4.82. The first kappa shape index (κ1) is 29.8. The van der Waals surface area contributed by atoms with Gasteiger partial charge in [0.25, 0.3) is 0 Å². The van der Waals surface area contributed by atoms with Crippen LogP contribution in [0.3, 0.4) is 0 Å². The van der Waals surface area contributed by atoms with Gasteiger partial charge in [-0.15, -0.1) is 0 Å². The topological polar surface area (TPSA) is 104 Å². The zero-order valence-electron chi connectivity index (χ0n) is 19.7. The molecular weight excluding hydrogens is 382 g/mol. The van der Waals surface area contributed by atoms with Gasteiger partial charge in [0.2, 0.25) is 0 Å². The lowest BCUT2D eigenvalue weighted by molar-refractivity contribution is -0.118. The second-order valence-electron chi connectivity index (χ2n) is 9.01. The quantitative estimate of drug-likeness (QED) is 0.168. The van der Waals surface area contributed by atoms with Gasteiger partial charge in [-0.05, 0) is 20.0 Å². The summed E-state index contributed by atoms with van der Waals surface area (Å²) in [5, 5.41) is 47.6. The van der Waals surface area contributed by atoms with Crippen LogP contribution in [0, 0.1) is 0 Å². The summed E-state index contributed by atoms with van der Waals surface area (Å²) in [5.74, 6) is 0. The van der Waals surface area contributed by atoms with Gasteiger partial charge in [-0.1, -0.05) is 96.8 Å². The Bertz CT molecular complexity index is 358. The Balaban J connectivity index is 3.47. The van der Waals surface area contributed by atoms with Crippen LogP contribution in [0.2, 0.25) is 0 Å². The summed E-state index contributed by atoms with van der Waals surface area (Å²) < 4.78 is 0. The molecule has 0 aromatic heterocycles. The Kier molecular flexibility index (Phi) is 20.5. The Morgan fingerprint density at radius 1 is 0.567 bits per heavy atom. The maximum Gasteiger partial charge on any atom is 0.111 e. The van der Waals surface area contributed by atoms with E-state index in [1.807, 2.05) is 11.9 Å². The predicted molar refractivity (Wildman–Crippen MR) is 124 cm³/mol. The molecule has 0 aliphatic carbocycles. The summed E-state index contributed by atoms with van der Waals surface area (Å²) in [6.07, 6.45) is 14.3. The number of nitrogens with zero attached hydrogens (tertiary/aromatic N) is 1. The van der Waals surface area contributed by atoms with Crippen molar-refractivity contribution in [3.05, 3.63) is 0 Å². The molecular formula is C24H51NO5. The number of hydrogen-bond donors (Lipinski definition) is 5. The van der Waals surface area contributed by atoms with E-state index in [1.165, 1.54) is 83.5 Å². The van der Waals surface area contributed by atoms with Crippen LogP contribution in [0.25, 0.3) is 0 Å². The number of hydrogen-bond acceptors (Lipinski definition) is 6. The lowest BCUT2D eigenvalue weighted by Crippen LogP contribution is -2.49. The Hall–Kier alpha value is -0.240. The third-order valence-electron chi connectivity index (χ3n) is 5.97. The summed E-state index contributed by atoms with van der Waals surface area (Å²) in [6.45, 7) is 2.65. The molecule has 0 spiro atoms. The molecule has 0 unspecified atom stereocenters. The van der Waals surface area contributed by atoms with Crippen molar-refractivity contribution >= 4 is 0 Å². The highest BCUT2D eigenvalue weighted by Crippen LogP contribution is 2.13. The fourth-order valence-corrected chi connectivity index (χ4v) is 3.83. The van der Waals surface area contributed by atoms with E-state index < -0.39 is 31.0 Å². The van der Waals surface area contributed by atoms with Crippen molar-refractivity contribution in [3.8, 4) is 0 Å². The van der Waals surface area contributed by atoms with Crippen molar-refractivity contribution in [1.82, 2.24) is 4.90 Å². The van der Waals surface area contributed by atoms with Crippen molar-refractivity contribution in [2.24, 2.45) is 0 Å². The Labute approximate surface area is 185 Å². The van der Waals surface area contributed by atoms with Gasteiger partial charge in [-0.25, -0.2) is 0 Å². The fourth-order valence-electron chi connectivity index (χ4n) is 3.83. The average Bonchev–Trinajstić information content (AvgIpc) is 2.74. The minimum absolute atomic E-state index is 0.217. The Morgan fingerprint density at radius 2 is 0.933 bits per heavy atom. The van der Waals surface area contributed by atoms with Crippen LogP contribution in [0.15, 0.2) is 0 Å². The van der Waals surface area contributed by atoms with E-state index in [-0.39, 0.29) is 6.54 Å². The highest BCUT2D eigenvalue weighted by Gasteiger charge is 2.30. The van der Waals surface area contributed by atoms with Gasteiger partial charge in [-0.3, -0.25) is 0 Å². The average molecular weight is 434 g/mol. The summed E-state index contributed by atoms with van der Waals surface area (Å²) >= 11 is 0. The molecule has 6 nitrogen and oxygen atoms in total. The molecule has 0 radical (unpaired) electrons. The van der Waals surface area contributed by atoms with Gasteiger partial charge in [0.15, 0.2) is 0 Å². The standard InChI is InChI=1S/C24H51NO5/c1-3-4-5-6-7-8-9-10-11-12-13-14-15-16-17-18-25(2)19-21(27)23(29)24(30)22(28)20-26/h21-24,26-30H,3-20H2,1-2H3/t21-,22-,23-,24+/m1/s1. The molecule has 0 saturated heterocycles. The number of aliphatic hydroxyl groups excluding tert-OH is 5. The monoisotopic (exact) mass is 433 g/mol. The molecule has 182 valence electrons. The van der Waals surface area contributed by atoms with Crippen LogP contribution >= 0.6 is 0 Å². The third kappa shape index (κ3) is 16.5. The summed E-state index contributed by atoms with van der Waals surface area (Å²) in [5.41, 5.74) is 0. The maximum atomic E-state index is 9.98. The van der Waals surface area contributed by atoms with Crippen LogP contribution in [-0.2, 0) is 0 Å². The molecule has 0 bridgehead atoms. The highest BCUT2D eigenvalue weighted by atomic mass is 16.4. The van der Waals surface area contributed by atoms with Crippen molar-refractivity contribution in [2.45, 2.75) is 128 Å². The summed E-state index contributed by atoms with van der Waals surface area (Å²) in [4.78, 5) is 1.92. The van der Waals surface area contributed by atoms with Crippen LogP contribution in [0.4, 0.5) is 0 Å². The van der Waals surface area contributed by atoms with Gasteiger partial charge >= 0.3 is 0 Å². The van der Waals surface area contributed by atoms with Gasteiger partial charge in [0.05, 0.1) is 12.7 Å². The normalized spacial score (nSPS) is 16.0. The Morgan fingerprint density at radius 3 is 1.33 bits per heavy atom. The molecule has 6 heteroatoms. The molecule has 0 aromatic rings. The molecule has 0 aromatic carbocycles. The van der Waals surface area contributed by atoms with E-state index in [4.69, 9.17) is 5.11 Å². The molecule has 5 N–H and O–H groups in total. The zero-order chi connectivity index (χ0) is 22.6. The van der Waals surface area contributed by atoms with Crippen molar-refractivity contribution in [1.29, 1.82) is 0 Å². The lowest BCUT2D eigenvalue weighted by atomic mass is 10.0. The number of unbranched alkanes of at least 4 members (excludes halogenated alkanes) is 14. The molecule has 0 aliphatic rings. The van der Waals surface area contributed by atoms with Crippen LogP contribution < -0.4 is 0 Å². The predicted octanol–water partition coefficient (Wildman–Crippen LogP) is 3.23. The first-order valence-corrected chi connectivity index (χ1v) is 12.5. The number of rotatable bonds is 22. The first-order valence-electron chi connectivity index (χ1n) is 12.5. The molecule has 0 heterocycles. The minimum atomic E-state index is -1.55. The third-order valence-corrected chi connectivity index (χ3v) is 5.97. The molecule has 0 saturated carbocycles. The van der Waals surface area contributed by atoms with E-state index >= 15 is 0 Å². The molecule has 30 heavy (non-hydrogen) atoms. The molecule has 0 amide bonds. The van der Waals surface area contributed by atoms with Crippen LogP contribution in [-0.4, -0.2) is 81.6 Å².